The molecule has 0 fully saturated rings. The quantitative estimate of drug-likeness (QED) is 0.704. The molecule has 1 aromatic carbocycles. The summed E-state index contributed by atoms with van der Waals surface area (Å²) in [6.45, 7) is 0. The molecule has 0 aliphatic heterocycles. The summed E-state index contributed by atoms with van der Waals surface area (Å²) in [6, 6.07) is 5.16. The molecule has 0 unspecified atom stereocenters. The summed E-state index contributed by atoms with van der Waals surface area (Å²) >= 11 is 1.58. The summed E-state index contributed by atoms with van der Waals surface area (Å²) in [5, 5.41) is 0. The van der Waals surface area contributed by atoms with Crippen LogP contribution in [0.25, 0.3) is 0 Å². The first kappa shape index (κ1) is 11.5. The van der Waals surface area contributed by atoms with Gasteiger partial charge in [-0.3, -0.25) is 0 Å². The van der Waals surface area contributed by atoms with E-state index in [1.165, 1.54) is 6.07 Å². The standard InChI is InChI=1S/C7H5BrF.3CH3.Sb/c1-5-2-6(8)4-7(9)3-5;;;;/h2-4H,1H2;3*1H3;. The fourth-order valence-corrected chi connectivity index (χ4v) is 5.41. The van der Waals surface area contributed by atoms with Crippen LogP contribution in [0.4, 0.5) is 4.39 Å². The van der Waals surface area contributed by atoms with Crippen molar-refractivity contribution in [2.45, 2.75) is 19.0 Å². The SMILES string of the molecule is [CH3][Sb]([CH3])([CH3])[CH2]c1cc(F)cc(Br)c1. The Kier molecular flexibility index (Phi) is 3.82. The molecule has 0 aliphatic rings. The van der Waals surface area contributed by atoms with E-state index in [9.17, 15) is 4.39 Å². The van der Waals surface area contributed by atoms with Gasteiger partial charge in [0.1, 0.15) is 0 Å². The molecule has 13 heavy (non-hydrogen) atoms. The van der Waals surface area contributed by atoms with Crippen LogP contribution in [0.5, 0.6) is 0 Å². The maximum atomic E-state index is 13.0. The fraction of sp³-hybridized carbons (Fsp3) is 0.400. The first-order valence-corrected chi connectivity index (χ1v) is 14.4. The molecule has 1 rings (SSSR count). The summed E-state index contributed by atoms with van der Waals surface area (Å²) in [7, 11) is 0. The van der Waals surface area contributed by atoms with Gasteiger partial charge in [0.2, 0.25) is 0 Å². The Hall–Kier alpha value is 0.448. The van der Waals surface area contributed by atoms with Crippen molar-refractivity contribution in [1.82, 2.24) is 0 Å². The molecule has 0 saturated heterocycles. The number of halogens is 2. The zero-order valence-electron chi connectivity index (χ0n) is 8.14. The zero-order chi connectivity index (χ0) is 10.1. The van der Waals surface area contributed by atoms with Crippen molar-refractivity contribution in [2.75, 3.05) is 0 Å². The molecular formula is C10H14BrFSb. The molecule has 0 amide bonds. The summed E-state index contributed by atoms with van der Waals surface area (Å²) < 4.78 is 14.9. The van der Waals surface area contributed by atoms with Crippen molar-refractivity contribution in [1.29, 1.82) is 0 Å². The summed E-state index contributed by atoms with van der Waals surface area (Å²) in [4.78, 5) is 7.03. The van der Waals surface area contributed by atoms with E-state index >= 15 is 0 Å². The number of rotatable bonds is 2. The van der Waals surface area contributed by atoms with Gasteiger partial charge in [0, 0.05) is 0 Å². The van der Waals surface area contributed by atoms with E-state index in [0.29, 0.717) is 0 Å². The van der Waals surface area contributed by atoms with Gasteiger partial charge in [-0.1, -0.05) is 0 Å². The van der Waals surface area contributed by atoms with Gasteiger partial charge < -0.3 is 0 Å². The molecule has 0 heterocycles. The molecule has 1 aromatic rings. The Labute approximate surface area is 91.7 Å². The second-order valence-electron chi connectivity index (χ2n) is 4.23. The molecule has 0 aliphatic carbocycles. The van der Waals surface area contributed by atoms with E-state index in [-0.39, 0.29) is 5.82 Å². The van der Waals surface area contributed by atoms with E-state index in [2.05, 4.69) is 30.5 Å². The number of hydrogen-bond donors (Lipinski definition) is 0. The number of hydrogen-bond acceptors (Lipinski definition) is 0. The summed E-state index contributed by atoms with van der Waals surface area (Å²) in [5.41, 5.74) is 1.13. The molecule has 0 atom stereocenters. The van der Waals surface area contributed by atoms with Crippen LogP contribution < -0.4 is 0 Å². The Morgan fingerprint density at radius 1 is 1.23 bits per heavy atom. The van der Waals surface area contributed by atoms with Crippen LogP contribution in [0.1, 0.15) is 5.56 Å². The minimum absolute atomic E-state index is 0.141. The third-order valence-corrected chi connectivity index (χ3v) is 5.79. The third-order valence-electron chi connectivity index (χ3n) is 1.58. The van der Waals surface area contributed by atoms with Crippen LogP contribution >= 0.6 is 15.9 Å². The predicted molar refractivity (Wildman–Crippen MR) is 61.2 cm³/mol. The summed E-state index contributed by atoms with van der Waals surface area (Å²) in [5.74, 6) is -0.141. The van der Waals surface area contributed by atoms with Crippen LogP contribution in [0.3, 0.4) is 0 Å². The van der Waals surface area contributed by atoms with E-state index in [4.69, 9.17) is 0 Å². The molecule has 0 spiro atoms. The van der Waals surface area contributed by atoms with Crippen molar-refractivity contribution in [3.8, 4) is 0 Å². The molecule has 0 aromatic heterocycles. The Morgan fingerprint density at radius 3 is 2.31 bits per heavy atom. The van der Waals surface area contributed by atoms with E-state index < -0.39 is 18.8 Å². The van der Waals surface area contributed by atoms with Crippen LogP contribution in [-0.2, 0) is 4.37 Å². The molecule has 0 bridgehead atoms. The third kappa shape index (κ3) is 4.46. The summed E-state index contributed by atoms with van der Waals surface area (Å²) in [6.07, 6.45) is 0. The topological polar surface area (TPSA) is 0 Å². The van der Waals surface area contributed by atoms with Crippen molar-refractivity contribution >= 4 is 34.7 Å². The Morgan fingerprint density at radius 2 is 1.85 bits per heavy atom. The second-order valence-corrected chi connectivity index (χ2v) is 19.1. The van der Waals surface area contributed by atoms with Gasteiger partial charge in [-0.15, -0.1) is 0 Å². The Bertz CT molecular complexity index is 284. The van der Waals surface area contributed by atoms with E-state index in [0.717, 1.165) is 14.4 Å². The molecule has 0 saturated carbocycles. The average Bonchev–Trinajstić information content (AvgIpc) is 1.78. The van der Waals surface area contributed by atoms with Crippen LogP contribution in [0, 0.1) is 5.82 Å². The zero-order valence-corrected chi connectivity index (χ0v) is 12.3. The van der Waals surface area contributed by atoms with Gasteiger partial charge in [0.05, 0.1) is 0 Å². The average molecular weight is 355 g/mol. The predicted octanol–water partition coefficient (Wildman–Crippen LogP) is 4.01. The van der Waals surface area contributed by atoms with Gasteiger partial charge in [-0.05, 0) is 0 Å². The van der Waals surface area contributed by atoms with Gasteiger partial charge in [-0.25, -0.2) is 0 Å². The van der Waals surface area contributed by atoms with Gasteiger partial charge >= 0.3 is 92.2 Å². The van der Waals surface area contributed by atoms with Gasteiger partial charge in [0.15, 0.2) is 0 Å². The van der Waals surface area contributed by atoms with Crippen LogP contribution in [0.2, 0.25) is 14.6 Å². The molecule has 0 N–H and O–H groups in total. The normalized spacial score (nSPS) is 11.8. The van der Waals surface area contributed by atoms with Crippen molar-refractivity contribution < 1.29 is 4.39 Å². The monoisotopic (exact) mass is 353 g/mol. The van der Waals surface area contributed by atoms with Crippen molar-refractivity contribution in [3.05, 3.63) is 34.1 Å². The van der Waals surface area contributed by atoms with Gasteiger partial charge in [-0.2, -0.15) is 0 Å². The first-order chi connectivity index (χ1) is 5.87. The van der Waals surface area contributed by atoms with E-state index in [1.807, 2.05) is 6.07 Å². The van der Waals surface area contributed by atoms with Crippen molar-refractivity contribution in [3.63, 3.8) is 0 Å². The molecule has 1 radical (unpaired) electrons. The second kappa shape index (κ2) is 4.31. The fourth-order valence-electron chi connectivity index (χ4n) is 1.25. The van der Waals surface area contributed by atoms with Crippen molar-refractivity contribution in [2.24, 2.45) is 0 Å². The first-order valence-electron chi connectivity index (χ1n) is 4.12. The van der Waals surface area contributed by atoms with Gasteiger partial charge in [0.25, 0.3) is 0 Å². The van der Waals surface area contributed by atoms with Crippen LogP contribution in [-0.4, -0.2) is 18.8 Å². The minimum atomic E-state index is -1.72. The molecular weight excluding hydrogens is 341 g/mol. The van der Waals surface area contributed by atoms with Crippen LogP contribution in [0.15, 0.2) is 22.7 Å². The van der Waals surface area contributed by atoms with E-state index in [1.54, 1.807) is 6.07 Å². The molecule has 3 heteroatoms. The molecule has 73 valence electrons. The molecule has 0 nitrogen and oxygen atoms in total. The number of benzene rings is 1. The maximum absolute atomic E-state index is 13.0. The Balaban J connectivity index is 2.90.